The highest BCUT2D eigenvalue weighted by molar-refractivity contribution is 5.85. The Morgan fingerprint density at radius 3 is 2.88 bits per heavy atom. The minimum atomic E-state index is -0.613. The molecule has 0 amide bonds. The van der Waals surface area contributed by atoms with Crippen molar-refractivity contribution in [1.29, 1.82) is 0 Å². The lowest BCUT2D eigenvalue weighted by atomic mass is 9.97. The van der Waals surface area contributed by atoms with E-state index >= 15 is 0 Å². The van der Waals surface area contributed by atoms with E-state index in [-0.39, 0.29) is 6.10 Å². The van der Waals surface area contributed by atoms with E-state index in [0.717, 1.165) is 22.8 Å². The number of rotatable bonds is 4. The molecular weight excluding hydrogens is 214 g/mol. The number of aliphatic hydroxyl groups excluding tert-OH is 1. The van der Waals surface area contributed by atoms with Crippen molar-refractivity contribution in [2.75, 3.05) is 7.11 Å². The van der Waals surface area contributed by atoms with Crippen LogP contribution in [0.4, 0.5) is 0 Å². The zero-order valence-corrected chi connectivity index (χ0v) is 10.1. The Morgan fingerprint density at radius 2 is 2.18 bits per heavy atom. The molecule has 0 spiro atoms. The Hall–Kier alpha value is -1.45. The second-order valence-corrected chi connectivity index (χ2v) is 4.07. The first-order valence-electron chi connectivity index (χ1n) is 5.81. The van der Waals surface area contributed by atoms with Crippen LogP contribution in [0.1, 0.15) is 25.0 Å². The number of hydrogen-bond donors (Lipinski definition) is 1. The number of aromatic nitrogens is 1. The first-order valence-corrected chi connectivity index (χ1v) is 5.81. The van der Waals surface area contributed by atoms with Crippen LogP contribution in [0, 0.1) is 0 Å². The zero-order valence-electron chi connectivity index (χ0n) is 10.1. The van der Waals surface area contributed by atoms with Crippen LogP contribution >= 0.6 is 0 Å². The van der Waals surface area contributed by atoms with Gasteiger partial charge in [0.25, 0.3) is 0 Å². The largest absolute Gasteiger partial charge is 0.386 e. The Bertz CT molecular complexity index is 489. The Labute approximate surface area is 101 Å². The molecular formula is C14H17NO2. The third-order valence-electron chi connectivity index (χ3n) is 3.09. The number of ether oxygens (including phenoxy) is 1. The van der Waals surface area contributed by atoms with Crippen molar-refractivity contribution in [2.24, 2.45) is 0 Å². The van der Waals surface area contributed by atoms with Gasteiger partial charge >= 0.3 is 0 Å². The van der Waals surface area contributed by atoms with Crippen LogP contribution < -0.4 is 0 Å². The van der Waals surface area contributed by atoms with E-state index in [9.17, 15) is 5.11 Å². The Balaban J connectivity index is 2.47. The van der Waals surface area contributed by atoms with Crippen LogP contribution in [0.25, 0.3) is 10.8 Å². The van der Waals surface area contributed by atoms with E-state index in [1.807, 2.05) is 31.2 Å². The normalized spacial score (nSPS) is 14.8. The summed E-state index contributed by atoms with van der Waals surface area (Å²) in [6.07, 6.45) is 3.52. The smallest absolute Gasteiger partial charge is 0.106 e. The van der Waals surface area contributed by atoms with E-state index in [2.05, 4.69) is 4.98 Å². The summed E-state index contributed by atoms with van der Waals surface area (Å²) in [4.78, 5) is 4.11. The van der Waals surface area contributed by atoms with Crippen molar-refractivity contribution >= 4 is 10.8 Å². The summed E-state index contributed by atoms with van der Waals surface area (Å²) in [6, 6.07) is 7.83. The van der Waals surface area contributed by atoms with Crippen molar-refractivity contribution in [1.82, 2.24) is 4.98 Å². The lowest BCUT2D eigenvalue weighted by Crippen LogP contribution is -2.20. The number of hydrogen-bond acceptors (Lipinski definition) is 3. The fourth-order valence-corrected chi connectivity index (χ4v) is 2.11. The van der Waals surface area contributed by atoms with E-state index in [1.165, 1.54) is 0 Å². The standard InChI is InChI=1S/C14H17NO2/c1-3-13(17-2)14(16)11-6-4-5-10-7-8-15-9-12(10)11/h4-9,13-14,16H,3H2,1-2H3. The summed E-state index contributed by atoms with van der Waals surface area (Å²) in [7, 11) is 1.63. The molecule has 0 fully saturated rings. The molecule has 2 rings (SSSR count). The summed E-state index contributed by atoms with van der Waals surface area (Å²) in [5.74, 6) is 0. The van der Waals surface area contributed by atoms with Crippen LogP contribution in [0.2, 0.25) is 0 Å². The van der Waals surface area contributed by atoms with Gasteiger partial charge in [-0.15, -0.1) is 0 Å². The van der Waals surface area contributed by atoms with Crippen molar-refractivity contribution in [3.8, 4) is 0 Å². The number of aliphatic hydroxyl groups is 1. The quantitative estimate of drug-likeness (QED) is 0.879. The molecule has 0 bridgehead atoms. The van der Waals surface area contributed by atoms with Crippen molar-refractivity contribution in [2.45, 2.75) is 25.6 Å². The maximum atomic E-state index is 10.3. The number of fused-ring (bicyclic) bond motifs is 1. The van der Waals surface area contributed by atoms with Gasteiger partial charge in [-0.05, 0) is 23.4 Å². The summed E-state index contributed by atoms with van der Waals surface area (Å²) in [5, 5.41) is 12.4. The van der Waals surface area contributed by atoms with Crippen molar-refractivity contribution in [3.05, 3.63) is 42.2 Å². The van der Waals surface area contributed by atoms with Gasteiger partial charge in [-0.25, -0.2) is 0 Å². The number of benzene rings is 1. The van der Waals surface area contributed by atoms with Crippen LogP contribution in [-0.2, 0) is 4.74 Å². The van der Waals surface area contributed by atoms with Crippen LogP contribution in [0.3, 0.4) is 0 Å². The van der Waals surface area contributed by atoms with Gasteiger partial charge in [0.05, 0.1) is 6.10 Å². The van der Waals surface area contributed by atoms with Crippen LogP contribution in [-0.4, -0.2) is 23.3 Å². The molecule has 17 heavy (non-hydrogen) atoms. The molecule has 0 saturated carbocycles. The predicted molar refractivity (Wildman–Crippen MR) is 67.8 cm³/mol. The molecule has 1 aromatic carbocycles. The van der Waals surface area contributed by atoms with Crippen LogP contribution in [0.15, 0.2) is 36.7 Å². The molecule has 1 aromatic heterocycles. The highest BCUT2D eigenvalue weighted by atomic mass is 16.5. The van der Waals surface area contributed by atoms with E-state index < -0.39 is 6.10 Å². The summed E-state index contributed by atoms with van der Waals surface area (Å²) < 4.78 is 5.29. The molecule has 3 heteroatoms. The molecule has 1 N–H and O–H groups in total. The molecule has 1 heterocycles. The lowest BCUT2D eigenvalue weighted by Gasteiger charge is -2.21. The Kier molecular flexibility index (Phi) is 3.71. The molecule has 0 aliphatic carbocycles. The fourth-order valence-electron chi connectivity index (χ4n) is 2.11. The van der Waals surface area contributed by atoms with Gasteiger partial charge in [0, 0.05) is 24.9 Å². The van der Waals surface area contributed by atoms with Crippen LogP contribution in [0.5, 0.6) is 0 Å². The summed E-state index contributed by atoms with van der Waals surface area (Å²) >= 11 is 0. The predicted octanol–water partition coefficient (Wildman–Crippen LogP) is 2.69. The summed E-state index contributed by atoms with van der Waals surface area (Å²) in [6.45, 7) is 2.00. The van der Waals surface area contributed by atoms with Gasteiger partial charge in [0.15, 0.2) is 0 Å². The average Bonchev–Trinajstić information content (AvgIpc) is 2.39. The molecule has 2 aromatic rings. The minimum Gasteiger partial charge on any atom is -0.386 e. The topological polar surface area (TPSA) is 42.4 Å². The average molecular weight is 231 g/mol. The van der Waals surface area contributed by atoms with E-state index in [0.29, 0.717) is 0 Å². The maximum Gasteiger partial charge on any atom is 0.106 e. The second-order valence-electron chi connectivity index (χ2n) is 4.07. The monoisotopic (exact) mass is 231 g/mol. The van der Waals surface area contributed by atoms with Gasteiger partial charge in [-0.2, -0.15) is 0 Å². The van der Waals surface area contributed by atoms with E-state index in [4.69, 9.17) is 4.74 Å². The zero-order chi connectivity index (χ0) is 12.3. The number of nitrogens with zero attached hydrogens (tertiary/aromatic N) is 1. The molecule has 0 aliphatic heterocycles. The third kappa shape index (κ3) is 2.30. The van der Waals surface area contributed by atoms with Gasteiger partial charge in [0.1, 0.15) is 6.10 Å². The minimum absolute atomic E-state index is 0.180. The van der Waals surface area contributed by atoms with Gasteiger partial charge < -0.3 is 9.84 Å². The highest BCUT2D eigenvalue weighted by Gasteiger charge is 2.20. The second kappa shape index (κ2) is 5.25. The van der Waals surface area contributed by atoms with Gasteiger partial charge in [0.2, 0.25) is 0 Å². The first-order chi connectivity index (χ1) is 8.27. The SMILES string of the molecule is CCC(OC)C(O)c1cccc2ccncc12. The molecule has 2 unspecified atom stereocenters. The first kappa shape index (κ1) is 12.0. The highest BCUT2D eigenvalue weighted by Crippen LogP contribution is 2.27. The summed E-state index contributed by atoms with van der Waals surface area (Å²) in [5.41, 5.74) is 0.879. The van der Waals surface area contributed by atoms with Gasteiger partial charge in [-0.3, -0.25) is 4.98 Å². The van der Waals surface area contributed by atoms with Crippen molar-refractivity contribution < 1.29 is 9.84 Å². The molecule has 3 nitrogen and oxygen atoms in total. The molecule has 90 valence electrons. The molecule has 0 radical (unpaired) electrons. The molecule has 0 saturated heterocycles. The number of pyridine rings is 1. The molecule has 2 atom stereocenters. The maximum absolute atomic E-state index is 10.3. The fraction of sp³-hybridized carbons (Fsp3) is 0.357. The van der Waals surface area contributed by atoms with Gasteiger partial charge in [-0.1, -0.05) is 25.1 Å². The number of methoxy groups -OCH3 is 1. The molecule has 0 aliphatic rings. The lowest BCUT2D eigenvalue weighted by molar-refractivity contribution is -0.0141. The Morgan fingerprint density at radius 1 is 1.35 bits per heavy atom. The van der Waals surface area contributed by atoms with Crippen molar-refractivity contribution in [3.63, 3.8) is 0 Å². The third-order valence-corrected chi connectivity index (χ3v) is 3.09. The van der Waals surface area contributed by atoms with E-state index in [1.54, 1.807) is 19.5 Å².